The lowest BCUT2D eigenvalue weighted by atomic mass is 10.2. The van der Waals surface area contributed by atoms with Crippen LogP contribution in [0.1, 0.15) is 10.5 Å². The number of hydrogen-bond donors (Lipinski definition) is 3. The molecule has 0 radical (unpaired) electrons. The Hall–Kier alpha value is -1.79. The van der Waals surface area contributed by atoms with Crippen molar-refractivity contribution in [1.29, 1.82) is 0 Å². The second-order valence-electron chi connectivity index (χ2n) is 4.50. The van der Waals surface area contributed by atoms with Crippen LogP contribution in [0.3, 0.4) is 0 Å². The van der Waals surface area contributed by atoms with E-state index in [0.29, 0.717) is 15.9 Å². The second-order valence-corrected chi connectivity index (χ2v) is 6.27. The number of fused-ring (bicyclic) bond motifs is 1. The molecule has 21 heavy (non-hydrogen) atoms. The first kappa shape index (κ1) is 14.2. The van der Waals surface area contributed by atoms with Gasteiger partial charge in [-0.2, -0.15) is 0 Å². The fourth-order valence-corrected chi connectivity index (χ4v) is 2.75. The van der Waals surface area contributed by atoms with Crippen molar-refractivity contribution in [3.8, 4) is 5.75 Å². The van der Waals surface area contributed by atoms with Crippen molar-refractivity contribution in [2.24, 2.45) is 0 Å². The number of para-hydroxylation sites is 1. The largest absolute Gasteiger partial charge is 0.505 e. The van der Waals surface area contributed by atoms with Gasteiger partial charge in [-0.05, 0) is 46.3 Å². The summed E-state index contributed by atoms with van der Waals surface area (Å²) in [6.45, 7) is 0. The van der Waals surface area contributed by atoms with Crippen LogP contribution in [0.15, 0.2) is 51.4 Å². The number of nitrogens with one attached hydrogen (secondary N) is 2. The molecule has 6 heteroatoms. The van der Waals surface area contributed by atoms with Crippen LogP contribution in [0.5, 0.6) is 5.75 Å². The third-order valence-corrected chi connectivity index (χ3v) is 4.20. The number of aromatic amines is 1. The van der Waals surface area contributed by atoms with Gasteiger partial charge in [0.25, 0.3) is 5.91 Å². The summed E-state index contributed by atoms with van der Waals surface area (Å²) in [4.78, 5) is 15.3. The van der Waals surface area contributed by atoms with Gasteiger partial charge in [0, 0.05) is 15.4 Å². The molecule has 2 aromatic carbocycles. The van der Waals surface area contributed by atoms with E-state index in [1.54, 1.807) is 24.3 Å². The summed E-state index contributed by atoms with van der Waals surface area (Å²) < 4.78 is 1.47. The number of aromatic nitrogens is 1. The zero-order valence-corrected chi connectivity index (χ0v) is 13.8. The summed E-state index contributed by atoms with van der Waals surface area (Å²) in [5, 5.41) is 13.5. The number of phenolic OH excluding ortho intramolecular Hbond substituents is 1. The Morgan fingerprint density at radius 1 is 1.14 bits per heavy atom. The van der Waals surface area contributed by atoms with Gasteiger partial charge in [0.2, 0.25) is 0 Å². The number of halogens is 2. The first-order chi connectivity index (χ1) is 10.0. The van der Waals surface area contributed by atoms with Crippen LogP contribution in [0.4, 0.5) is 5.69 Å². The fourth-order valence-electron chi connectivity index (χ4n) is 2.03. The molecular formula is C15H10Br2N2O2. The zero-order valence-electron chi connectivity index (χ0n) is 10.7. The van der Waals surface area contributed by atoms with Gasteiger partial charge in [0.1, 0.15) is 5.69 Å². The fraction of sp³-hybridized carbons (Fsp3) is 0. The molecule has 4 nitrogen and oxygen atoms in total. The van der Waals surface area contributed by atoms with Crippen LogP contribution in [-0.2, 0) is 0 Å². The van der Waals surface area contributed by atoms with E-state index in [9.17, 15) is 9.90 Å². The highest BCUT2D eigenvalue weighted by Crippen LogP contribution is 2.32. The zero-order chi connectivity index (χ0) is 15.0. The standard InChI is InChI=1S/C15H10Br2N2O2/c16-9-5-4-8-6-13(18-12(8)7-9)15(21)19-11-3-1-2-10(17)14(11)20/h1-7,18,20H,(H,19,21). The van der Waals surface area contributed by atoms with Crippen LogP contribution in [0, 0.1) is 0 Å². The molecule has 0 atom stereocenters. The van der Waals surface area contributed by atoms with Crippen molar-refractivity contribution < 1.29 is 9.90 Å². The smallest absolute Gasteiger partial charge is 0.272 e. The monoisotopic (exact) mass is 408 g/mol. The maximum atomic E-state index is 12.3. The summed E-state index contributed by atoms with van der Waals surface area (Å²) in [7, 11) is 0. The van der Waals surface area contributed by atoms with Crippen molar-refractivity contribution in [1.82, 2.24) is 4.98 Å². The van der Waals surface area contributed by atoms with Crippen LogP contribution in [0.2, 0.25) is 0 Å². The number of aromatic hydroxyl groups is 1. The van der Waals surface area contributed by atoms with Crippen LogP contribution >= 0.6 is 31.9 Å². The Bertz CT molecular complexity index is 843. The third-order valence-electron chi connectivity index (χ3n) is 3.06. The van der Waals surface area contributed by atoms with Crippen molar-refractivity contribution >= 4 is 54.4 Å². The van der Waals surface area contributed by atoms with Crippen LogP contribution in [-0.4, -0.2) is 16.0 Å². The van der Waals surface area contributed by atoms with Crippen LogP contribution < -0.4 is 5.32 Å². The lowest BCUT2D eigenvalue weighted by molar-refractivity contribution is 0.102. The van der Waals surface area contributed by atoms with Gasteiger partial charge in [0.15, 0.2) is 5.75 Å². The quantitative estimate of drug-likeness (QED) is 0.539. The number of rotatable bonds is 2. The SMILES string of the molecule is O=C(Nc1cccc(Br)c1O)c1cc2ccc(Br)cc2[nH]1. The molecule has 0 bridgehead atoms. The molecule has 1 amide bonds. The average Bonchev–Trinajstić information content (AvgIpc) is 2.87. The number of phenols is 1. The van der Waals surface area contributed by atoms with E-state index in [1.165, 1.54) is 0 Å². The lowest BCUT2D eigenvalue weighted by Gasteiger charge is -2.07. The topological polar surface area (TPSA) is 65.1 Å². The van der Waals surface area contributed by atoms with Gasteiger partial charge >= 0.3 is 0 Å². The van der Waals surface area contributed by atoms with E-state index >= 15 is 0 Å². The third kappa shape index (κ3) is 2.82. The van der Waals surface area contributed by atoms with E-state index in [-0.39, 0.29) is 11.7 Å². The Kier molecular flexibility index (Phi) is 3.73. The van der Waals surface area contributed by atoms with E-state index in [2.05, 4.69) is 42.2 Å². The lowest BCUT2D eigenvalue weighted by Crippen LogP contribution is -2.12. The highest BCUT2D eigenvalue weighted by Gasteiger charge is 2.13. The molecule has 0 aliphatic heterocycles. The summed E-state index contributed by atoms with van der Waals surface area (Å²) >= 11 is 6.61. The van der Waals surface area contributed by atoms with Crippen molar-refractivity contribution in [3.63, 3.8) is 0 Å². The number of carbonyl (C=O) groups is 1. The second kappa shape index (κ2) is 5.54. The molecule has 0 aliphatic carbocycles. The molecule has 1 aromatic heterocycles. The highest BCUT2D eigenvalue weighted by molar-refractivity contribution is 9.10. The molecule has 0 aliphatic rings. The van der Waals surface area contributed by atoms with Gasteiger partial charge < -0.3 is 15.4 Å². The van der Waals surface area contributed by atoms with E-state index in [4.69, 9.17) is 0 Å². The normalized spacial score (nSPS) is 10.8. The molecular weight excluding hydrogens is 400 g/mol. The maximum absolute atomic E-state index is 12.3. The number of anilines is 1. The molecule has 3 N–H and O–H groups in total. The van der Waals surface area contributed by atoms with Crippen molar-refractivity contribution in [3.05, 3.63) is 57.1 Å². The van der Waals surface area contributed by atoms with Gasteiger partial charge in [-0.25, -0.2) is 0 Å². The van der Waals surface area contributed by atoms with Gasteiger partial charge in [-0.1, -0.05) is 28.1 Å². The Labute approximate surface area is 137 Å². The van der Waals surface area contributed by atoms with E-state index in [0.717, 1.165) is 15.4 Å². The number of amides is 1. The minimum Gasteiger partial charge on any atom is -0.505 e. The number of carbonyl (C=O) groups excluding carboxylic acids is 1. The molecule has 3 rings (SSSR count). The molecule has 0 fully saturated rings. The predicted octanol–water partition coefficient (Wildman–Crippen LogP) is 4.65. The first-order valence-corrected chi connectivity index (χ1v) is 7.70. The summed E-state index contributed by atoms with van der Waals surface area (Å²) in [5.41, 5.74) is 1.66. The van der Waals surface area contributed by atoms with E-state index < -0.39 is 0 Å². The molecule has 0 saturated heterocycles. The maximum Gasteiger partial charge on any atom is 0.272 e. The molecule has 0 saturated carbocycles. The molecule has 0 spiro atoms. The average molecular weight is 410 g/mol. The molecule has 3 aromatic rings. The number of benzene rings is 2. The van der Waals surface area contributed by atoms with Gasteiger partial charge in [-0.3, -0.25) is 4.79 Å². The summed E-state index contributed by atoms with van der Waals surface area (Å²) in [6, 6.07) is 12.6. The van der Waals surface area contributed by atoms with Crippen LogP contribution in [0.25, 0.3) is 10.9 Å². The van der Waals surface area contributed by atoms with E-state index in [1.807, 2.05) is 18.2 Å². The summed E-state index contributed by atoms with van der Waals surface area (Å²) in [5.74, 6) is -0.305. The first-order valence-electron chi connectivity index (χ1n) is 6.12. The van der Waals surface area contributed by atoms with Gasteiger partial charge in [0.05, 0.1) is 10.2 Å². The van der Waals surface area contributed by atoms with Crippen molar-refractivity contribution in [2.75, 3.05) is 5.32 Å². The van der Waals surface area contributed by atoms with Crippen molar-refractivity contribution in [2.45, 2.75) is 0 Å². The molecule has 1 heterocycles. The number of hydrogen-bond acceptors (Lipinski definition) is 2. The number of H-pyrrole nitrogens is 1. The summed E-state index contributed by atoms with van der Waals surface area (Å²) in [6.07, 6.45) is 0. The molecule has 0 unspecified atom stereocenters. The Balaban J connectivity index is 1.91. The van der Waals surface area contributed by atoms with Gasteiger partial charge in [-0.15, -0.1) is 0 Å². The molecule has 106 valence electrons. The Morgan fingerprint density at radius 3 is 2.76 bits per heavy atom. The highest BCUT2D eigenvalue weighted by atomic mass is 79.9. The minimum absolute atomic E-state index is 0.00436. The predicted molar refractivity (Wildman–Crippen MR) is 89.8 cm³/mol. The minimum atomic E-state index is -0.310. The Morgan fingerprint density at radius 2 is 1.95 bits per heavy atom.